The molecule has 0 unspecified atom stereocenters. The van der Waals surface area contributed by atoms with Crippen LogP contribution in [-0.4, -0.2) is 0 Å². The first-order valence-electron chi connectivity index (χ1n) is 5.98. The van der Waals surface area contributed by atoms with Crippen LogP contribution in [0.2, 0.25) is 0 Å². The van der Waals surface area contributed by atoms with Crippen LogP contribution in [-0.2, 0) is 17.1 Å². The molecular formula is C15H23Cu. The molecule has 1 heteroatoms. The summed E-state index contributed by atoms with van der Waals surface area (Å²) in [5.41, 5.74) is 4.15. The molecule has 0 aliphatic carbocycles. The van der Waals surface area contributed by atoms with Crippen LogP contribution in [0.5, 0.6) is 0 Å². The van der Waals surface area contributed by atoms with Crippen LogP contribution in [0.4, 0.5) is 0 Å². The van der Waals surface area contributed by atoms with Crippen molar-refractivity contribution in [3.05, 3.63) is 34.9 Å². The maximum Gasteiger partial charge on any atom is 1.00 e. The molecule has 0 radical (unpaired) electrons. The van der Waals surface area contributed by atoms with E-state index in [1.165, 1.54) is 16.7 Å². The Hall–Kier alpha value is -0.261. The van der Waals surface area contributed by atoms with E-state index in [1.807, 2.05) is 0 Å². The summed E-state index contributed by atoms with van der Waals surface area (Å²) >= 11 is 0. The van der Waals surface area contributed by atoms with Gasteiger partial charge in [-0.15, -0.1) is 0 Å². The normalized spacial score (nSPS) is 11.1. The van der Waals surface area contributed by atoms with Gasteiger partial charge in [0.25, 0.3) is 0 Å². The smallest absolute Gasteiger partial charge is 0.176 e. The van der Waals surface area contributed by atoms with Gasteiger partial charge in [-0.25, -0.2) is 0 Å². The first kappa shape index (κ1) is 15.7. The first-order chi connectivity index (χ1) is 6.91. The molecule has 0 fully saturated rings. The average molecular weight is 267 g/mol. The van der Waals surface area contributed by atoms with E-state index in [2.05, 4.69) is 59.7 Å². The fourth-order valence-electron chi connectivity index (χ4n) is 1.59. The molecule has 16 heavy (non-hydrogen) atoms. The van der Waals surface area contributed by atoms with Gasteiger partial charge in [-0.2, -0.15) is 34.9 Å². The van der Waals surface area contributed by atoms with Crippen molar-refractivity contribution in [2.75, 3.05) is 0 Å². The summed E-state index contributed by atoms with van der Waals surface area (Å²) in [5.74, 6) is 1.75. The minimum atomic E-state index is 0. The van der Waals surface area contributed by atoms with E-state index in [1.54, 1.807) is 0 Å². The van der Waals surface area contributed by atoms with Crippen molar-refractivity contribution in [3.8, 4) is 0 Å². The van der Waals surface area contributed by atoms with E-state index in [4.69, 9.17) is 0 Å². The Bertz CT molecular complexity index is 259. The van der Waals surface area contributed by atoms with Gasteiger partial charge in [-0.05, 0) is 17.8 Å². The van der Waals surface area contributed by atoms with Crippen molar-refractivity contribution in [1.82, 2.24) is 0 Å². The predicted molar refractivity (Wildman–Crippen MR) is 67.5 cm³/mol. The van der Waals surface area contributed by atoms with E-state index in [-0.39, 0.29) is 17.1 Å². The Kier molecular flexibility index (Phi) is 6.36. The fraction of sp³-hybridized carbons (Fsp3) is 0.600. The average Bonchev–Trinajstić information content (AvgIpc) is 2.16. The van der Waals surface area contributed by atoms with Gasteiger partial charge in [-0.1, -0.05) is 41.5 Å². The molecule has 0 amide bonds. The molecule has 1 rings (SSSR count). The zero-order chi connectivity index (χ0) is 11.6. The number of hydrogen-bond acceptors (Lipinski definition) is 0. The molecular weight excluding hydrogens is 244 g/mol. The molecule has 0 aliphatic heterocycles. The summed E-state index contributed by atoms with van der Waals surface area (Å²) in [5, 5.41) is 0. The molecule has 0 spiro atoms. The van der Waals surface area contributed by atoms with Gasteiger partial charge in [0.2, 0.25) is 0 Å². The summed E-state index contributed by atoms with van der Waals surface area (Å²) < 4.78 is 0. The predicted octanol–water partition coefficient (Wildman–Crippen LogP) is 4.85. The van der Waals surface area contributed by atoms with E-state index in [9.17, 15) is 0 Å². The van der Waals surface area contributed by atoms with Gasteiger partial charge in [0, 0.05) is 0 Å². The summed E-state index contributed by atoms with van der Waals surface area (Å²) in [6.07, 6.45) is 0. The number of hydrogen-bond donors (Lipinski definition) is 0. The van der Waals surface area contributed by atoms with Crippen molar-refractivity contribution in [2.24, 2.45) is 0 Å². The Morgan fingerprint density at radius 1 is 0.750 bits per heavy atom. The van der Waals surface area contributed by atoms with Crippen LogP contribution in [0.15, 0.2) is 12.1 Å². The Morgan fingerprint density at radius 2 is 1.12 bits per heavy atom. The third kappa shape index (κ3) is 3.96. The van der Waals surface area contributed by atoms with E-state index >= 15 is 0 Å². The molecule has 0 nitrogen and oxygen atoms in total. The molecule has 0 bridgehead atoms. The van der Waals surface area contributed by atoms with E-state index in [0.717, 1.165) is 0 Å². The van der Waals surface area contributed by atoms with Crippen LogP contribution in [0.25, 0.3) is 0 Å². The van der Waals surface area contributed by atoms with E-state index in [0.29, 0.717) is 17.8 Å². The summed E-state index contributed by atoms with van der Waals surface area (Å²) in [4.78, 5) is 0. The third-order valence-corrected chi connectivity index (χ3v) is 2.84. The summed E-state index contributed by atoms with van der Waals surface area (Å²) in [7, 11) is 0. The number of rotatable bonds is 3. The van der Waals surface area contributed by atoms with Crippen LogP contribution in [0.1, 0.15) is 76.0 Å². The molecule has 0 aromatic heterocycles. The monoisotopic (exact) mass is 266 g/mol. The van der Waals surface area contributed by atoms with Crippen molar-refractivity contribution in [1.29, 1.82) is 0 Å². The Balaban J connectivity index is 0.00000225. The fourth-order valence-corrected chi connectivity index (χ4v) is 1.59. The van der Waals surface area contributed by atoms with Crippen LogP contribution < -0.4 is 0 Å². The van der Waals surface area contributed by atoms with Gasteiger partial charge in [0.05, 0.1) is 0 Å². The maximum atomic E-state index is 3.54. The molecule has 1 aromatic rings. The SMILES string of the molecule is CC(C)c1[c-]c(C(C)C)cc(C(C)C)c1.[Cu+]. The van der Waals surface area contributed by atoms with Crippen molar-refractivity contribution < 1.29 is 17.1 Å². The molecule has 0 saturated carbocycles. The molecule has 94 valence electrons. The third-order valence-electron chi connectivity index (χ3n) is 2.84. The summed E-state index contributed by atoms with van der Waals surface area (Å²) in [6, 6.07) is 8.15. The van der Waals surface area contributed by atoms with Gasteiger partial charge in [0.15, 0.2) is 0 Å². The quantitative estimate of drug-likeness (QED) is 0.542. The standard InChI is InChI=1S/C15H23.Cu/c1-10(2)13-7-14(11(3)4)9-15(8-13)12(5)6;/h7-8,10-12H,1-6H3;/q-1;+1. The Morgan fingerprint density at radius 3 is 1.38 bits per heavy atom. The molecule has 1 aromatic carbocycles. The molecule has 0 N–H and O–H groups in total. The van der Waals surface area contributed by atoms with Crippen molar-refractivity contribution in [2.45, 2.75) is 59.3 Å². The van der Waals surface area contributed by atoms with E-state index < -0.39 is 0 Å². The zero-order valence-electron chi connectivity index (χ0n) is 11.2. The minimum Gasteiger partial charge on any atom is -0.176 e. The molecule has 0 aliphatic rings. The molecule has 0 heterocycles. The largest absolute Gasteiger partial charge is 1.00 e. The van der Waals surface area contributed by atoms with Crippen LogP contribution in [0, 0.1) is 6.07 Å². The Labute approximate surface area is 111 Å². The second kappa shape index (κ2) is 6.47. The number of benzene rings is 1. The second-order valence-corrected chi connectivity index (χ2v) is 5.29. The second-order valence-electron chi connectivity index (χ2n) is 5.29. The van der Waals surface area contributed by atoms with Gasteiger partial charge in [-0.3, -0.25) is 0 Å². The first-order valence-corrected chi connectivity index (χ1v) is 5.98. The maximum absolute atomic E-state index is 3.54. The van der Waals surface area contributed by atoms with Crippen molar-refractivity contribution >= 4 is 0 Å². The van der Waals surface area contributed by atoms with Gasteiger partial charge < -0.3 is 0 Å². The zero-order valence-corrected chi connectivity index (χ0v) is 12.1. The summed E-state index contributed by atoms with van der Waals surface area (Å²) in [6.45, 7) is 13.5. The van der Waals surface area contributed by atoms with Gasteiger partial charge in [0.1, 0.15) is 0 Å². The topological polar surface area (TPSA) is 0 Å². The molecule has 0 saturated heterocycles. The van der Waals surface area contributed by atoms with Crippen LogP contribution >= 0.6 is 0 Å². The van der Waals surface area contributed by atoms with Crippen LogP contribution in [0.3, 0.4) is 0 Å². The minimum absolute atomic E-state index is 0. The van der Waals surface area contributed by atoms with Crippen molar-refractivity contribution in [3.63, 3.8) is 0 Å². The molecule has 0 atom stereocenters. The van der Waals surface area contributed by atoms with Gasteiger partial charge >= 0.3 is 17.1 Å².